The number of hydrogen-bond acceptors (Lipinski definition) is 3. The van der Waals surface area contributed by atoms with Gasteiger partial charge in [0.05, 0.1) is 13.2 Å². The molecule has 0 fully saturated rings. The molecule has 0 aliphatic carbocycles. The van der Waals surface area contributed by atoms with Crippen molar-refractivity contribution in [2.24, 2.45) is 0 Å². The molecule has 2 rings (SSSR count). The average Bonchev–Trinajstić information content (AvgIpc) is 2.57. The van der Waals surface area contributed by atoms with Gasteiger partial charge in [0.15, 0.2) is 0 Å². The van der Waals surface area contributed by atoms with E-state index in [1.165, 1.54) is 25.7 Å². The summed E-state index contributed by atoms with van der Waals surface area (Å²) in [5.41, 5.74) is 0. The minimum absolute atomic E-state index is 0.852. The van der Waals surface area contributed by atoms with E-state index in [2.05, 4.69) is 33.5 Å². The van der Waals surface area contributed by atoms with Crippen LogP contribution in [-0.2, 0) is 4.74 Å². The van der Waals surface area contributed by atoms with Crippen molar-refractivity contribution in [2.45, 2.75) is 51.4 Å². The van der Waals surface area contributed by atoms with E-state index in [-0.39, 0.29) is 0 Å². The van der Waals surface area contributed by atoms with Crippen LogP contribution in [0.15, 0.2) is 0 Å². The number of ether oxygens (including phenoxy) is 1. The van der Waals surface area contributed by atoms with Gasteiger partial charge in [0.1, 0.15) is 0 Å². The molecule has 0 unspecified atom stereocenters. The van der Waals surface area contributed by atoms with Crippen molar-refractivity contribution in [1.29, 1.82) is 0 Å². The molecule has 2 aliphatic rings. The van der Waals surface area contributed by atoms with E-state index < -0.39 is 0 Å². The van der Waals surface area contributed by atoms with Crippen LogP contribution in [0.4, 0.5) is 0 Å². The lowest BCUT2D eigenvalue weighted by atomic mass is 10.2. The Morgan fingerprint density at radius 3 is 1.17 bits per heavy atom. The third kappa shape index (κ3) is 9.01. The zero-order valence-corrected chi connectivity index (χ0v) is 14.6. The molecule has 0 aromatic rings. The van der Waals surface area contributed by atoms with Gasteiger partial charge in [0.2, 0.25) is 0 Å². The molecular weight excluding hydrogens is 284 g/mol. The van der Waals surface area contributed by atoms with Crippen molar-refractivity contribution in [1.82, 2.24) is 9.80 Å². The summed E-state index contributed by atoms with van der Waals surface area (Å²) in [6, 6.07) is 0. The maximum Gasteiger partial charge on any atom is 0.0594 e. The maximum absolute atomic E-state index is 5.90. The number of fused-ring (bicyclic) bond motifs is 6. The van der Waals surface area contributed by atoms with Crippen LogP contribution in [0, 0.1) is 23.7 Å². The molecule has 0 radical (unpaired) electrons. The van der Waals surface area contributed by atoms with Crippen molar-refractivity contribution < 1.29 is 4.74 Å². The van der Waals surface area contributed by atoms with Gasteiger partial charge >= 0.3 is 0 Å². The van der Waals surface area contributed by atoms with Gasteiger partial charge in [0.25, 0.3) is 0 Å². The lowest BCUT2D eigenvalue weighted by Crippen LogP contribution is -2.32. The van der Waals surface area contributed by atoms with Crippen LogP contribution >= 0.6 is 0 Å². The minimum atomic E-state index is 0.852. The van der Waals surface area contributed by atoms with Crippen molar-refractivity contribution >= 4 is 0 Å². The summed E-state index contributed by atoms with van der Waals surface area (Å²) in [4.78, 5) is 5.06. The minimum Gasteiger partial charge on any atom is -0.379 e. The summed E-state index contributed by atoms with van der Waals surface area (Å²) in [6.45, 7) is 8.34. The van der Waals surface area contributed by atoms with Gasteiger partial charge in [-0.2, -0.15) is 0 Å². The molecule has 3 heteroatoms. The second kappa shape index (κ2) is 12.4. The van der Waals surface area contributed by atoms with Crippen LogP contribution in [-0.4, -0.2) is 62.3 Å². The molecule has 0 atom stereocenters. The predicted molar refractivity (Wildman–Crippen MR) is 96.2 cm³/mol. The molecule has 3 nitrogen and oxygen atoms in total. The van der Waals surface area contributed by atoms with E-state index in [4.69, 9.17) is 4.74 Å². The van der Waals surface area contributed by atoms with Gasteiger partial charge in [-0.1, -0.05) is 0 Å². The largest absolute Gasteiger partial charge is 0.379 e. The van der Waals surface area contributed by atoms with Crippen molar-refractivity contribution in [3.63, 3.8) is 0 Å². The highest BCUT2D eigenvalue weighted by Gasteiger charge is 2.07. The highest BCUT2D eigenvalue weighted by Crippen LogP contribution is 2.03. The monoisotopic (exact) mass is 316 g/mol. The quantitative estimate of drug-likeness (QED) is 0.505. The molecule has 2 heterocycles. The Morgan fingerprint density at radius 1 is 0.478 bits per heavy atom. The van der Waals surface area contributed by atoms with Crippen molar-refractivity contribution in [3.8, 4) is 23.7 Å². The number of hydrogen-bond donors (Lipinski definition) is 0. The third-order valence-electron chi connectivity index (χ3n) is 4.46. The molecule has 0 aromatic carbocycles. The fraction of sp³-hybridized carbons (Fsp3) is 0.800. The van der Waals surface area contributed by atoms with Crippen molar-refractivity contribution in [3.05, 3.63) is 0 Å². The summed E-state index contributed by atoms with van der Waals surface area (Å²) in [6.07, 6.45) is 8.80. The number of nitrogens with zero attached hydrogens (tertiary/aromatic N) is 2. The Balaban J connectivity index is 1.97. The van der Waals surface area contributed by atoms with Crippen LogP contribution in [0.25, 0.3) is 0 Å². The lowest BCUT2D eigenvalue weighted by molar-refractivity contribution is 0.0820. The van der Waals surface area contributed by atoms with Crippen LogP contribution in [0.5, 0.6) is 0 Å². The maximum atomic E-state index is 5.90. The van der Waals surface area contributed by atoms with E-state index in [1.807, 2.05) is 0 Å². The van der Waals surface area contributed by atoms with Gasteiger partial charge in [-0.15, -0.1) is 23.7 Å². The highest BCUT2D eigenvalue weighted by atomic mass is 16.5. The zero-order chi connectivity index (χ0) is 16.0. The standard InChI is InChI=1S/C20H32N2O/c1-2-6-10-14-22-16-12-8-4-3-7-11-15-21(13-9-5-1)17-19-23-20-18-22/h5-20H2. The SMILES string of the molecule is C1#CCCCN2CCCC#CCCCN(CCC1)CCOCC2. The Labute approximate surface area is 142 Å². The van der Waals surface area contributed by atoms with E-state index in [1.54, 1.807) is 0 Å². The lowest BCUT2D eigenvalue weighted by Gasteiger charge is -2.23. The molecule has 23 heavy (non-hydrogen) atoms. The highest BCUT2D eigenvalue weighted by molar-refractivity contribution is 5.00. The van der Waals surface area contributed by atoms with Gasteiger partial charge in [0, 0.05) is 38.8 Å². The molecule has 0 N–H and O–H groups in total. The first-order valence-corrected chi connectivity index (χ1v) is 9.39. The summed E-state index contributed by atoms with van der Waals surface area (Å²) >= 11 is 0. The van der Waals surface area contributed by atoms with Gasteiger partial charge in [-0.3, -0.25) is 0 Å². The molecule has 0 saturated carbocycles. The first-order valence-electron chi connectivity index (χ1n) is 9.39. The molecule has 0 aromatic heterocycles. The third-order valence-corrected chi connectivity index (χ3v) is 4.46. The van der Waals surface area contributed by atoms with Crippen LogP contribution in [0.1, 0.15) is 51.4 Å². The van der Waals surface area contributed by atoms with Gasteiger partial charge in [-0.05, 0) is 51.9 Å². The summed E-state index contributed by atoms with van der Waals surface area (Å²) in [5.74, 6) is 13.4. The topological polar surface area (TPSA) is 15.7 Å². The second-order valence-electron chi connectivity index (χ2n) is 6.42. The Hall–Kier alpha value is -1.00. The van der Waals surface area contributed by atoms with E-state index >= 15 is 0 Å². The molecule has 0 saturated heterocycles. The first-order chi connectivity index (χ1) is 11.4. The predicted octanol–water partition coefficient (Wildman–Crippen LogP) is 2.76. The summed E-state index contributed by atoms with van der Waals surface area (Å²) in [7, 11) is 0. The molecule has 2 aliphatic heterocycles. The van der Waals surface area contributed by atoms with Crippen LogP contribution in [0.2, 0.25) is 0 Å². The van der Waals surface area contributed by atoms with Crippen LogP contribution < -0.4 is 0 Å². The van der Waals surface area contributed by atoms with Gasteiger partial charge < -0.3 is 14.5 Å². The second-order valence-corrected chi connectivity index (χ2v) is 6.42. The smallest absolute Gasteiger partial charge is 0.0594 e. The van der Waals surface area contributed by atoms with E-state index in [0.29, 0.717) is 0 Å². The molecule has 0 amide bonds. The van der Waals surface area contributed by atoms with Gasteiger partial charge in [-0.25, -0.2) is 0 Å². The first kappa shape index (κ1) is 18.3. The van der Waals surface area contributed by atoms with E-state index in [9.17, 15) is 0 Å². The Morgan fingerprint density at radius 2 is 0.826 bits per heavy atom. The Bertz CT molecular complexity index is 358. The normalized spacial score (nSPS) is 28.5. The Kier molecular flexibility index (Phi) is 9.91. The molecule has 0 spiro atoms. The fourth-order valence-electron chi connectivity index (χ4n) is 3.08. The van der Waals surface area contributed by atoms with Crippen molar-refractivity contribution in [2.75, 3.05) is 52.5 Å². The number of rotatable bonds is 0. The molecule has 2 bridgehead atoms. The summed E-state index contributed by atoms with van der Waals surface area (Å²) in [5, 5.41) is 0. The molecular formula is C20H32N2O. The average molecular weight is 316 g/mol. The zero-order valence-electron chi connectivity index (χ0n) is 14.6. The van der Waals surface area contributed by atoms with Crippen LogP contribution in [0.3, 0.4) is 0 Å². The fourth-order valence-corrected chi connectivity index (χ4v) is 3.08. The molecule has 128 valence electrons. The van der Waals surface area contributed by atoms with E-state index in [0.717, 1.165) is 78.2 Å². The summed E-state index contributed by atoms with van der Waals surface area (Å²) < 4.78 is 5.90.